The van der Waals surface area contributed by atoms with Gasteiger partial charge in [0.15, 0.2) is 0 Å². The van der Waals surface area contributed by atoms with E-state index in [2.05, 4.69) is 88.5 Å². The van der Waals surface area contributed by atoms with Gasteiger partial charge in [-0.3, -0.25) is 30.3 Å². The zero-order valence-electron chi connectivity index (χ0n) is 27.0. The second-order valence-corrected chi connectivity index (χ2v) is 17.1. The number of rotatable bonds is 6. The summed E-state index contributed by atoms with van der Waals surface area (Å²) in [6.45, 7) is 13.1. The van der Waals surface area contributed by atoms with Crippen LogP contribution < -0.4 is 0 Å². The number of nitrogens with zero attached hydrogens (tertiary/aromatic N) is 3. The molecule has 0 heterocycles. The SMILES string of the molecule is CC(C)[Si](C#CC(C#Cc1ccc([N+](=O)[O-])cc1)=C(C#Cc1ccc([N+](=O)[O-])cc1)C#Cc1ccc([N+](=O)[O-])cc1)(C(C)C)C(C)C. The van der Waals surface area contributed by atoms with E-state index in [1.54, 1.807) is 12.1 Å². The molecule has 0 N–H and O–H groups in total. The van der Waals surface area contributed by atoms with Gasteiger partial charge in [-0.05, 0) is 53.0 Å². The Kier molecular flexibility index (Phi) is 12.0. The zero-order chi connectivity index (χ0) is 34.7. The van der Waals surface area contributed by atoms with E-state index in [0.29, 0.717) is 44.5 Å². The number of hydrogen-bond donors (Lipinski definition) is 0. The van der Waals surface area contributed by atoms with E-state index in [4.69, 9.17) is 0 Å². The highest BCUT2D eigenvalue weighted by molar-refractivity contribution is 6.90. The molecule has 0 aliphatic carbocycles. The smallest absolute Gasteiger partial charge is 0.258 e. The normalized spacial score (nSPS) is 10.3. The van der Waals surface area contributed by atoms with Gasteiger partial charge in [0, 0.05) is 53.1 Å². The van der Waals surface area contributed by atoms with Gasteiger partial charge >= 0.3 is 0 Å². The maximum atomic E-state index is 11.1. The maximum Gasteiger partial charge on any atom is 0.269 e. The summed E-state index contributed by atoms with van der Waals surface area (Å²) in [4.78, 5) is 31.9. The summed E-state index contributed by atoms with van der Waals surface area (Å²) in [6.07, 6.45) is 0. The highest BCUT2D eigenvalue weighted by atomic mass is 28.3. The van der Waals surface area contributed by atoms with E-state index in [0.717, 1.165) is 0 Å². The monoisotopic (exact) mass is 643 g/mol. The fourth-order valence-electron chi connectivity index (χ4n) is 5.32. The minimum Gasteiger partial charge on any atom is -0.258 e. The van der Waals surface area contributed by atoms with Crippen molar-refractivity contribution in [2.45, 2.75) is 58.2 Å². The lowest BCUT2D eigenvalue weighted by Gasteiger charge is -2.38. The molecule has 3 aromatic carbocycles. The van der Waals surface area contributed by atoms with Crippen molar-refractivity contribution >= 4 is 25.1 Å². The third kappa shape index (κ3) is 9.28. The summed E-state index contributed by atoms with van der Waals surface area (Å²) < 4.78 is 0. The minimum atomic E-state index is -2.23. The Hall–Kier alpha value is -5.94. The lowest BCUT2D eigenvalue weighted by molar-refractivity contribution is -0.385. The molecule has 3 aromatic rings. The third-order valence-corrected chi connectivity index (χ3v) is 14.0. The molecule has 236 valence electrons. The molecule has 0 atom stereocenters. The predicted molar refractivity (Wildman–Crippen MR) is 186 cm³/mol. The van der Waals surface area contributed by atoms with Crippen LogP contribution in [0, 0.1) is 77.3 Å². The molecule has 0 aliphatic heterocycles. The lowest BCUT2D eigenvalue weighted by Crippen LogP contribution is -2.43. The van der Waals surface area contributed by atoms with Gasteiger partial charge in [-0.2, -0.15) is 0 Å². The quantitative estimate of drug-likeness (QED) is 0.115. The summed E-state index contributed by atoms with van der Waals surface area (Å²) in [5, 5.41) is 33.4. The maximum absolute atomic E-state index is 11.1. The Morgan fingerprint density at radius 3 is 0.979 bits per heavy atom. The predicted octanol–water partition coefficient (Wildman–Crippen LogP) is 8.38. The first-order chi connectivity index (χ1) is 22.2. The van der Waals surface area contributed by atoms with Crippen LogP contribution in [0.5, 0.6) is 0 Å². The van der Waals surface area contributed by atoms with Crippen LogP contribution in [0.4, 0.5) is 17.1 Å². The van der Waals surface area contributed by atoms with Crippen LogP contribution in [0.15, 0.2) is 83.9 Å². The Morgan fingerprint density at radius 2 is 0.745 bits per heavy atom. The van der Waals surface area contributed by atoms with Gasteiger partial charge in [-0.1, -0.05) is 83.0 Å². The molecule has 0 aliphatic rings. The first-order valence-corrected chi connectivity index (χ1v) is 17.0. The van der Waals surface area contributed by atoms with E-state index >= 15 is 0 Å². The molecule has 47 heavy (non-hydrogen) atoms. The number of benzene rings is 3. The van der Waals surface area contributed by atoms with Crippen molar-refractivity contribution in [3.8, 4) is 47.0 Å². The fraction of sp³-hybridized carbons (Fsp3) is 0.243. The number of nitro benzene ring substituents is 3. The Morgan fingerprint density at radius 1 is 0.489 bits per heavy atom. The van der Waals surface area contributed by atoms with Crippen molar-refractivity contribution in [2.75, 3.05) is 0 Å². The second kappa shape index (κ2) is 15.9. The molecule has 0 aromatic heterocycles. The standard InChI is InChI=1S/C37H33N3O6Si/c1-27(2)47(28(3)4,29(5)6)26-25-34(18-9-32-14-23-37(24-15-32)40(45)46)33(16-7-30-10-19-35(20-11-30)38(41)42)17-8-31-12-21-36(22-13-31)39(43)44/h10-15,19-24,27-29H,1-6H3. The molecular formula is C37H33N3O6Si. The number of non-ortho nitro benzene ring substituents is 3. The number of hydrogen-bond acceptors (Lipinski definition) is 6. The van der Waals surface area contributed by atoms with E-state index in [9.17, 15) is 30.3 Å². The van der Waals surface area contributed by atoms with Crippen LogP contribution in [0.1, 0.15) is 58.2 Å². The average Bonchev–Trinajstić information content (AvgIpc) is 3.03. The Labute approximate surface area is 275 Å². The first kappa shape index (κ1) is 35.5. The van der Waals surface area contributed by atoms with E-state index in [1.165, 1.54) is 60.7 Å². The highest BCUT2D eigenvalue weighted by Gasteiger charge is 2.41. The van der Waals surface area contributed by atoms with Gasteiger partial charge in [-0.25, -0.2) is 0 Å². The van der Waals surface area contributed by atoms with E-state index in [-0.39, 0.29) is 17.1 Å². The van der Waals surface area contributed by atoms with Gasteiger partial charge in [0.25, 0.3) is 17.1 Å². The molecule has 0 saturated carbocycles. The number of allylic oxidation sites excluding steroid dienone is 2. The average molecular weight is 644 g/mol. The van der Waals surface area contributed by atoms with Crippen molar-refractivity contribution in [1.82, 2.24) is 0 Å². The third-order valence-electron chi connectivity index (χ3n) is 7.75. The fourth-order valence-corrected chi connectivity index (χ4v) is 10.5. The summed E-state index contributed by atoms with van der Waals surface area (Å²) in [6, 6.07) is 17.4. The molecule has 0 bridgehead atoms. The van der Waals surface area contributed by atoms with E-state index in [1.807, 2.05) is 0 Å². The molecule has 0 spiro atoms. The van der Waals surface area contributed by atoms with Gasteiger partial charge in [-0.15, -0.1) is 5.54 Å². The molecule has 0 fully saturated rings. The van der Waals surface area contributed by atoms with Crippen LogP contribution in [-0.2, 0) is 0 Å². The van der Waals surface area contributed by atoms with Crippen LogP contribution in [0.3, 0.4) is 0 Å². The van der Waals surface area contributed by atoms with Crippen LogP contribution >= 0.6 is 0 Å². The van der Waals surface area contributed by atoms with Crippen molar-refractivity contribution < 1.29 is 14.8 Å². The molecule has 0 amide bonds. The molecule has 0 radical (unpaired) electrons. The Balaban J connectivity index is 2.34. The molecular weight excluding hydrogens is 611 g/mol. The van der Waals surface area contributed by atoms with E-state index < -0.39 is 22.8 Å². The van der Waals surface area contributed by atoms with Gasteiger partial charge in [0.1, 0.15) is 8.07 Å². The molecule has 0 saturated heterocycles. The summed E-state index contributed by atoms with van der Waals surface area (Å²) >= 11 is 0. The summed E-state index contributed by atoms with van der Waals surface area (Å²) in [5.74, 6) is 21.7. The topological polar surface area (TPSA) is 129 Å². The van der Waals surface area contributed by atoms with Crippen molar-refractivity contribution in [1.29, 1.82) is 0 Å². The van der Waals surface area contributed by atoms with Crippen molar-refractivity contribution in [3.05, 3.63) is 131 Å². The molecule has 0 unspecified atom stereocenters. The summed E-state index contributed by atoms with van der Waals surface area (Å²) in [5.41, 5.74) is 6.66. The van der Waals surface area contributed by atoms with Gasteiger partial charge < -0.3 is 0 Å². The van der Waals surface area contributed by atoms with Crippen LogP contribution in [-0.4, -0.2) is 22.8 Å². The largest absolute Gasteiger partial charge is 0.269 e. The molecule has 9 nitrogen and oxygen atoms in total. The Bertz CT molecular complexity index is 1850. The molecule has 3 rings (SSSR count). The highest BCUT2D eigenvalue weighted by Crippen LogP contribution is 2.40. The first-order valence-electron chi connectivity index (χ1n) is 14.8. The van der Waals surface area contributed by atoms with Crippen molar-refractivity contribution in [3.63, 3.8) is 0 Å². The van der Waals surface area contributed by atoms with Crippen LogP contribution in [0.25, 0.3) is 0 Å². The minimum absolute atomic E-state index is 0.0590. The van der Waals surface area contributed by atoms with Crippen LogP contribution in [0.2, 0.25) is 16.6 Å². The lowest BCUT2D eigenvalue weighted by atomic mass is 10.1. The summed E-state index contributed by atoms with van der Waals surface area (Å²) in [7, 11) is -2.23. The molecule has 10 heteroatoms. The number of nitro groups is 3. The zero-order valence-corrected chi connectivity index (χ0v) is 28.0. The second-order valence-electron chi connectivity index (χ2n) is 11.6. The van der Waals surface area contributed by atoms with Gasteiger partial charge in [0.2, 0.25) is 0 Å². The van der Waals surface area contributed by atoms with Crippen molar-refractivity contribution in [2.24, 2.45) is 0 Å². The van der Waals surface area contributed by atoms with Gasteiger partial charge in [0.05, 0.1) is 25.9 Å².